The lowest BCUT2D eigenvalue weighted by Crippen LogP contribution is -2.62. The van der Waals surface area contributed by atoms with E-state index in [9.17, 15) is 4.79 Å². The SMILES string of the molecule is Cc1ccccc1N1C(C)CN(C)C(=O)C1CN. The number of rotatable bonds is 2. The van der Waals surface area contributed by atoms with Gasteiger partial charge in [-0.15, -0.1) is 0 Å². The van der Waals surface area contributed by atoms with E-state index in [0.29, 0.717) is 6.54 Å². The lowest BCUT2D eigenvalue weighted by molar-refractivity contribution is -0.133. The van der Waals surface area contributed by atoms with E-state index in [2.05, 4.69) is 30.9 Å². The largest absolute Gasteiger partial charge is 0.354 e. The average molecular weight is 247 g/mol. The summed E-state index contributed by atoms with van der Waals surface area (Å²) in [6.07, 6.45) is 0. The highest BCUT2D eigenvalue weighted by Gasteiger charge is 2.36. The van der Waals surface area contributed by atoms with Crippen LogP contribution in [0, 0.1) is 6.92 Å². The number of benzene rings is 1. The number of carbonyl (C=O) groups is 1. The molecule has 2 unspecified atom stereocenters. The molecular weight excluding hydrogens is 226 g/mol. The van der Waals surface area contributed by atoms with E-state index in [1.807, 2.05) is 19.2 Å². The van der Waals surface area contributed by atoms with E-state index in [4.69, 9.17) is 5.73 Å². The maximum absolute atomic E-state index is 12.2. The molecule has 4 nitrogen and oxygen atoms in total. The Hall–Kier alpha value is -1.55. The minimum Gasteiger partial charge on any atom is -0.354 e. The molecule has 1 amide bonds. The number of hydrogen-bond acceptors (Lipinski definition) is 3. The van der Waals surface area contributed by atoms with E-state index in [0.717, 1.165) is 12.2 Å². The minimum atomic E-state index is -0.250. The quantitative estimate of drug-likeness (QED) is 0.848. The van der Waals surface area contributed by atoms with Crippen LogP contribution in [0.15, 0.2) is 24.3 Å². The second kappa shape index (κ2) is 4.98. The van der Waals surface area contributed by atoms with Crippen molar-refractivity contribution in [1.29, 1.82) is 0 Å². The molecule has 1 aromatic carbocycles. The molecule has 18 heavy (non-hydrogen) atoms. The number of anilines is 1. The number of amides is 1. The average Bonchev–Trinajstić information content (AvgIpc) is 2.34. The van der Waals surface area contributed by atoms with Gasteiger partial charge < -0.3 is 15.5 Å². The highest BCUT2D eigenvalue weighted by Crippen LogP contribution is 2.27. The molecule has 4 heteroatoms. The molecule has 0 aromatic heterocycles. The van der Waals surface area contributed by atoms with Crippen LogP contribution in [0.3, 0.4) is 0 Å². The zero-order valence-corrected chi connectivity index (χ0v) is 11.3. The summed E-state index contributed by atoms with van der Waals surface area (Å²) in [4.78, 5) is 16.1. The molecule has 1 aliphatic rings. The Morgan fingerprint density at radius 2 is 2.06 bits per heavy atom. The summed E-state index contributed by atoms with van der Waals surface area (Å²) in [6, 6.07) is 8.18. The fourth-order valence-electron chi connectivity index (χ4n) is 2.73. The number of carbonyl (C=O) groups excluding carboxylic acids is 1. The van der Waals surface area contributed by atoms with Crippen LogP contribution in [0.25, 0.3) is 0 Å². The van der Waals surface area contributed by atoms with Crippen molar-refractivity contribution >= 4 is 11.6 Å². The summed E-state index contributed by atoms with van der Waals surface area (Å²) >= 11 is 0. The monoisotopic (exact) mass is 247 g/mol. The molecule has 1 fully saturated rings. The van der Waals surface area contributed by atoms with Gasteiger partial charge in [0, 0.05) is 31.9 Å². The summed E-state index contributed by atoms with van der Waals surface area (Å²) in [6.45, 7) is 5.29. The molecular formula is C14H21N3O. The third-order valence-corrected chi connectivity index (χ3v) is 3.63. The van der Waals surface area contributed by atoms with Crippen LogP contribution in [0.4, 0.5) is 5.69 Å². The van der Waals surface area contributed by atoms with Crippen molar-refractivity contribution < 1.29 is 4.79 Å². The van der Waals surface area contributed by atoms with Gasteiger partial charge in [-0.1, -0.05) is 18.2 Å². The van der Waals surface area contributed by atoms with E-state index in [-0.39, 0.29) is 18.0 Å². The first-order valence-corrected chi connectivity index (χ1v) is 6.35. The topological polar surface area (TPSA) is 49.6 Å². The van der Waals surface area contributed by atoms with Crippen LogP contribution in [-0.4, -0.2) is 43.0 Å². The summed E-state index contributed by atoms with van der Waals surface area (Å²) in [5.74, 6) is 0.110. The Morgan fingerprint density at radius 1 is 1.39 bits per heavy atom. The van der Waals surface area contributed by atoms with E-state index >= 15 is 0 Å². The number of para-hydroxylation sites is 1. The summed E-state index contributed by atoms with van der Waals surface area (Å²) < 4.78 is 0. The molecule has 2 N–H and O–H groups in total. The Morgan fingerprint density at radius 3 is 2.67 bits per heavy atom. The van der Waals surface area contributed by atoms with E-state index in [1.165, 1.54) is 5.56 Å². The van der Waals surface area contributed by atoms with Gasteiger partial charge in [-0.3, -0.25) is 4.79 Å². The molecule has 2 atom stereocenters. The highest BCUT2D eigenvalue weighted by molar-refractivity contribution is 5.87. The number of nitrogens with two attached hydrogens (primary N) is 1. The first-order chi connectivity index (χ1) is 8.56. The maximum Gasteiger partial charge on any atom is 0.246 e. The fourth-order valence-corrected chi connectivity index (χ4v) is 2.73. The van der Waals surface area contributed by atoms with Gasteiger partial charge in [0.05, 0.1) is 0 Å². The lowest BCUT2D eigenvalue weighted by atomic mass is 10.0. The van der Waals surface area contributed by atoms with Gasteiger partial charge in [0.25, 0.3) is 0 Å². The predicted octanol–water partition coefficient (Wildman–Crippen LogP) is 0.989. The number of aryl methyl sites for hydroxylation is 1. The van der Waals surface area contributed by atoms with E-state index < -0.39 is 0 Å². The first kappa shape index (κ1) is 12.9. The van der Waals surface area contributed by atoms with Crippen LogP contribution >= 0.6 is 0 Å². The lowest BCUT2D eigenvalue weighted by Gasteiger charge is -2.45. The van der Waals surface area contributed by atoms with Crippen LogP contribution in [0.2, 0.25) is 0 Å². The van der Waals surface area contributed by atoms with Gasteiger partial charge in [0.1, 0.15) is 6.04 Å². The van der Waals surface area contributed by atoms with Crippen molar-refractivity contribution in [2.75, 3.05) is 25.0 Å². The summed E-state index contributed by atoms with van der Waals surface area (Å²) in [5, 5.41) is 0. The van der Waals surface area contributed by atoms with Crippen molar-refractivity contribution in [3.63, 3.8) is 0 Å². The molecule has 1 aromatic rings. The van der Waals surface area contributed by atoms with Crippen LogP contribution in [0.1, 0.15) is 12.5 Å². The molecule has 0 radical (unpaired) electrons. The fraction of sp³-hybridized carbons (Fsp3) is 0.500. The van der Waals surface area contributed by atoms with Gasteiger partial charge in [-0.25, -0.2) is 0 Å². The number of piperazine rings is 1. The molecule has 2 rings (SSSR count). The normalized spacial score (nSPS) is 24.6. The molecule has 0 spiro atoms. The Balaban J connectivity index is 2.41. The molecule has 0 saturated carbocycles. The second-order valence-corrected chi connectivity index (χ2v) is 5.01. The van der Waals surface area contributed by atoms with Crippen LogP contribution < -0.4 is 10.6 Å². The second-order valence-electron chi connectivity index (χ2n) is 5.01. The third-order valence-electron chi connectivity index (χ3n) is 3.63. The van der Waals surface area contributed by atoms with Crippen molar-refractivity contribution in [1.82, 2.24) is 4.90 Å². The van der Waals surface area contributed by atoms with Gasteiger partial charge in [0.15, 0.2) is 0 Å². The van der Waals surface area contributed by atoms with Crippen molar-refractivity contribution in [3.05, 3.63) is 29.8 Å². The molecule has 1 saturated heterocycles. The van der Waals surface area contributed by atoms with Crippen molar-refractivity contribution in [2.45, 2.75) is 25.9 Å². The Bertz CT molecular complexity index is 446. The molecule has 98 valence electrons. The van der Waals surface area contributed by atoms with Gasteiger partial charge >= 0.3 is 0 Å². The maximum atomic E-state index is 12.2. The number of likely N-dealkylation sites (N-methyl/N-ethyl adjacent to an activating group) is 1. The van der Waals surface area contributed by atoms with E-state index in [1.54, 1.807) is 4.90 Å². The van der Waals surface area contributed by atoms with Gasteiger partial charge in [-0.2, -0.15) is 0 Å². The molecule has 1 heterocycles. The van der Waals surface area contributed by atoms with Crippen LogP contribution in [0.5, 0.6) is 0 Å². The van der Waals surface area contributed by atoms with Crippen molar-refractivity contribution in [2.24, 2.45) is 5.73 Å². The zero-order chi connectivity index (χ0) is 13.3. The molecule has 1 aliphatic heterocycles. The highest BCUT2D eigenvalue weighted by atomic mass is 16.2. The zero-order valence-electron chi connectivity index (χ0n) is 11.3. The minimum absolute atomic E-state index is 0.110. The Labute approximate surface area is 108 Å². The van der Waals surface area contributed by atoms with Gasteiger partial charge in [-0.05, 0) is 25.5 Å². The standard InChI is InChI=1S/C14H21N3O/c1-10-6-4-5-7-12(10)17-11(2)9-16(3)14(18)13(17)8-15/h4-7,11,13H,8-9,15H2,1-3H3. The number of nitrogens with zero attached hydrogens (tertiary/aromatic N) is 2. The first-order valence-electron chi connectivity index (χ1n) is 6.35. The predicted molar refractivity (Wildman–Crippen MR) is 73.6 cm³/mol. The molecule has 0 aliphatic carbocycles. The summed E-state index contributed by atoms with van der Waals surface area (Å²) in [5.41, 5.74) is 8.10. The van der Waals surface area contributed by atoms with Crippen molar-refractivity contribution in [3.8, 4) is 0 Å². The third kappa shape index (κ3) is 2.08. The Kier molecular flexibility index (Phi) is 3.57. The summed E-state index contributed by atoms with van der Waals surface area (Å²) in [7, 11) is 1.84. The van der Waals surface area contributed by atoms with Gasteiger partial charge in [0.2, 0.25) is 5.91 Å². The van der Waals surface area contributed by atoms with Crippen LogP contribution in [-0.2, 0) is 4.79 Å². The smallest absolute Gasteiger partial charge is 0.246 e. The number of hydrogen-bond donors (Lipinski definition) is 1. The molecule has 0 bridgehead atoms.